The summed E-state index contributed by atoms with van der Waals surface area (Å²) >= 11 is 1.56. The summed E-state index contributed by atoms with van der Waals surface area (Å²) in [6, 6.07) is 0.594. The fraction of sp³-hybridized carbons (Fsp3) is 0.636. The Hall–Kier alpha value is -1.10. The third-order valence-electron chi connectivity index (χ3n) is 3.09. The number of ether oxygens (including phenoxy) is 1. The number of aromatic nitrogens is 1. The molecule has 1 heterocycles. The van der Waals surface area contributed by atoms with Crippen molar-refractivity contribution in [3.8, 4) is 0 Å². The highest BCUT2D eigenvalue weighted by Crippen LogP contribution is 2.32. The van der Waals surface area contributed by atoms with Gasteiger partial charge in [-0.3, -0.25) is 0 Å². The largest absolute Gasteiger partial charge is 0.464 e. The molecular weight excluding hydrogens is 224 g/mol. The first-order valence-corrected chi connectivity index (χ1v) is 6.23. The van der Waals surface area contributed by atoms with Crippen molar-refractivity contribution in [1.82, 2.24) is 4.98 Å². The molecule has 0 amide bonds. The molecule has 1 aliphatic carbocycles. The van der Waals surface area contributed by atoms with Crippen LogP contribution in [0.15, 0.2) is 0 Å². The smallest absolute Gasteiger partial charge is 0.357 e. The average Bonchev–Trinajstić information content (AvgIpc) is 2.56. The van der Waals surface area contributed by atoms with Crippen molar-refractivity contribution in [3.05, 3.63) is 10.6 Å². The number of carbonyl (C=O) groups is 1. The van der Waals surface area contributed by atoms with E-state index in [0.29, 0.717) is 11.7 Å². The zero-order valence-corrected chi connectivity index (χ0v) is 10.6. The predicted molar refractivity (Wildman–Crippen MR) is 64.2 cm³/mol. The fourth-order valence-corrected chi connectivity index (χ4v) is 2.68. The molecule has 1 aliphatic rings. The molecule has 16 heavy (non-hydrogen) atoms. The second kappa shape index (κ2) is 4.41. The van der Waals surface area contributed by atoms with Crippen LogP contribution in [0.3, 0.4) is 0 Å². The number of anilines is 1. The van der Waals surface area contributed by atoms with E-state index in [0.717, 1.165) is 10.0 Å². The number of aryl methyl sites for hydroxylation is 1. The highest BCUT2D eigenvalue weighted by molar-refractivity contribution is 7.15. The van der Waals surface area contributed by atoms with Gasteiger partial charge < -0.3 is 9.64 Å². The maximum Gasteiger partial charge on any atom is 0.357 e. The summed E-state index contributed by atoms with van der Waals surface area (Å²) in [4.78, 5) is 18.9. The topological polar surface area (TPSA) is 42.4 Å². The summed E-state index contributed by atoms with van der Waals surface area (Å²) < 4.78 is 4.70. The Balaban J connectivity index is 2.19. The fourth-order valence-electron chi connectivity index (χ4n) is 1.75. The molecule has 2 rings (SSSR count). The molecular formula is C11H16N2O2S. The minimum Gasteiger partial charge on any atom is -0.464 e. The third kappa shape index (κ3) is 1.91. The molecule has 0 radical (unpaired) electrons. The van der Waals surface area contributed by atoms with E-state index in [4.69, 9.17) is 4.74 Å². The molecule has 88 valence electrons. The first-order chi connectivity index (χ1) is 7.63. The number of nitrogens with zero attached hydrogens (tertiary/aromatic N) is 2. The van der Waals surface area contributed by atoms with Crippen molar-refractivity contribution in [1.29, 1.82) is 0 Å². The van der Waals surface area contributed by atoms with Gasteiger partial charge in [-0.2, -0.15) is 0 Å². The zero-order valence-electron chi connectivity index (χ0n) is 9.82. The number of hydrogen-bond acceptors (Lipinski definition) is 5. The summed E-state index contributed by atoms with van der Waals surface area (Å²) in [5.74, 6) is -0.345. The molecule has 1 aromatic heterocycles. The van der Waals surface area contributed by atoms with E-state index in [9.17, 15) is 4.79 Å². The number of rotatable bonds is 3. The van der Waals surface area contributed by atoms with Crippen LogP contribution in [0, 0.1) is 6.92 Å². The van der Waals surface area contributed by atoms with Crippen LogP contribution < -0.4 is 4.90 Å². The number of methoxy groups -OCH3 is 1. The Labute approximate surface area is 99.2 Å². The zero-order chi connectivity index (χ0) is 11.7. The number of hydrogen-bond donors (Lipinski definition) is 0. The van der Waals surface area contributed by atoms with Gasteiger partial charge in [0.05, 0.1) is 7.11 Å². The van der Waals surface area contributed by atoms with Gasteiger partial charge in [0.15, 0.2) is 10.8 Å². The molecule has 1 aromatic rings. The quantitative estimate of drug-likeness (QED) is 0.760. The van der Waals surface area contributed by atoms with E-state index in [1.54, 1.807) is 11.3 Å². The molecule has 0 atom stereocenters. The normalized spacial score (nSPS) is 15.7. The van der Waals surface area contributed by atoms with Crippen LogP contribution in [0.5, 0.6) is 0 Å². The Morgan fingerprint density at radius 3 is 2.75 bits per heavy atom. The van der Waals surface area contributed by atoms with Crippen molar-refractivity contribution >= 4 is 22.4 Å². The van der Waals surface area contributed by atoms with Gasteiger partial charge in [-0.15, -0.1) is 11.3 Å². The van der Waals surface area contributed by atoms with Gasteiger partial charge in [-0.05, 0) is 26.2 Å². The maximum absolute atomic E-state index is 11.4. The minimum atomic E-state index is -0.345. The lowest BCUT2D eigenvalue weighted by Crippen LogP contribution is -2.37. The molecule has 0 saturated heterocycles. The molecule has 1 fully saturated rings. The Morgan fingerprint density at radius 1 is 1.56 bits per heavy atom. The van der Waals surface area contributed by atoms with Gasteiger partial charge in [-0.1, -0.05) is 0 Å². The van der Waals surface area contributed by atoms with Crippen LogP contribution in [0.1, 0.15) is 34.6 Å². The second-order valence-corrected chi connectivity index (χ2v) is 5.27. The van der Waals surface area contributed by atoms with E-state index in [2.05, 4.69) is 9.88 Å². The van der Waals surface area contributed by atoms with Crippen LogP contribution in [0.4, 0.5) is 5.13 Å². The summed E-state index contributed by atoms with van der Waals surface area (Å²) in [5, 5.41) is 0.919. The van der Waals surface area contributed by atoms with Gasteiger partial charge >= 0.3 is 5.97 Å². The van der Waals surface area contributed by atoms with E-state index in [-0.39, 0.29) is 5.97 Å². The van der Waals surface area contributed by atoms with E-state index >= 15 is 0 Å². The molecule has 0 aromatic carbocycles. The number of carbonyl (C=O) groups excluding carboxylic acids is 1. The molecule has 0 bridgehead atoms. The summed E-state index contributed by atoms with van der Waals surface area (Å²) in [7, 11) is 3.43. The predicted octanol–water partition coefficient (Wildman–Crippen LogP) is 2.23. The molecule has 1 saturated carbocycles. The van der Waals surface area contributed by atoms with Gasteiger partial charge in [0.2, 0.25) is 0 Å². The van der Waals surface area contributed by atoms with Gasteiger partial charge in [0.1, 0.15) is 0 Å². The summed E-state index contributed by atoms with van der Waals surface area (Å²) in [6.07, 6.45) is 3.74. The molecule has 0 aliphatic heterocycles. The second-order valence-electron chi connectivity index (χ2n) is 4.09. The first-order valence-electron chi connectivity index (χ1n) is 5.42. The maximum atomic E-state index is 11.4. The van der Waals surface area contributed by atoms with E-state index in [1.165, 1.54) is 26.4 Å². The number of thiazole rings is 1. The van der Waals surface area contributed by atoms with Crippen molar-refractivity contribution in [3.63, 3.8) is 0 Å². The summed E-state index contributed by atoms with van der Waals surface area (Å²) in [6.45, 7) is 1.90. The van der Waals surface area contributed by atoms with E-state index in [1.807, 2.05) is 14.0 Å². The van der Waals surface area contributed by atoms with Crippen LogP contribution >= 0.6 is 11.3 Å². The van der Waals surface area contributed by atoms with Crippen LogP contribution in [-0.2, 0) is 4.74 Å². The summed E-state index contributed by atoms with van der Waals surface area (Å²) in [5.41, 5.74) is 0.452. The SMILES string of the molecule is COC(=O)c1nc(N(C)C2CCC2)sc1C. The van der Waals surface area contributed by atoms with Crippen LogP contribution in [0.2, 0.25) is 0 Å². The molecule has 0 N–H and O–H groups in total. The van der Waals surface area contributed by atoms with Crippen molar-refractivity contribution in [2.24, 2.45) is 0 Å². The molecule has 5 heteroatoms. The monoisotopic (exact) mass is 240 g/mol. The van der Waals surface area contributed by atoms with E-state index < -0.39 is 0 Å². The Morgan fingerprint density at radius 2 is 2.25 bits per heavy atom. The van der Waals surface area contributed by atoms with Gasteiger partial charge in [-0.25, -0.2) is 9.78 Å². The molecule has 0 spiro atoms. The molecule has 4 nitrogen and oxygen atoms in total. The van der Waals surface area contributed by atoms with Crippen LogP contribution in [-0.4, -0.2) is 31.2 Å². The highest BCUT2D eigenvalue weighted by atomic mass is 32.1. The standard InChI is InChI=1S/C11H16N2O2S/c1-7-9(10(14)15-3)12-11(16-7)13(2)8-5-4-6-8/h8H,4-6H2,1-3H3. The molecule has 0 unspecified atom stereocenters. The number of esters is 1. The third-order valence-corrected chi connectivity index (χ3v) is 4.15. The van der Waals surface area contributed by atoms with Crippen molar-refractivity contribution < 1.29 is 9.53 Å². The lowest BCUT2D eigenvalue weighted by molar-refractivity contribution is 0.0594. The Bertz CT molecular complexity index is 399. The van der Waals surface area contributed by atoms with Crippen LogP contribution in [0.25, 0.3) is 0 Å². The minimum absolute atomic E-state index is 0.345. The lowest BCUT2D eigenvalue weighted by atomic mass is 9.92. The van der Waals surface area contributed by atoms with Crippen molar-refractivity contribution in [2.45, 2.75) is 32.2 Å². The van der Waals surface area contributed by atoms with Gasteiger partial charge in [0, 0.05) is 18.0 Å². The lowest BCUT2D eigenvalue weighted by Gasteiger charge is -2.34. The van der Waals surface area contributed by atoms with Crippen molar-refractivity contribution in [2.75, 3.05) is 19.1 Å². The Kier molecular flexibility index (Phi) is 3.14. The highest BCUT2D eigenvalue weighted by Gasteiger charge is 2.26. The van der Waals surface area contributed by atoms with Gasteiger partial charge in [0.25, 0.3) is 0 Å². The average molecular weight is 240 g/mol. The first kappa shape index (κ1) is 11.4.